The molecule has 2 aromatic carbocycles. The molecule has 3 aromatic rings. The largest absolute Gasteiger partial charge is 0.396 e. The zero-order valence-corrected chi connectivity index (χ0v) is 11.9. The second kappa shape index (κ2) is 5.75. The van der Waals surface area contributed by atoms with Gasteiger partial charge >= 0.3 is 0 Å². The standard InChI is InChI=1S/C17H17NOS/c18-17(16-6-3-9-20-16)15(11-19)14-8-7-12-4-1-2-5-13(12)10-14/h1-10,15,17,19H,11,18H2. The van der Waals surface area contributed by atoms with Crippen molar-refractivity contribution in [1.82, 2.24) is 0 Å². The van der Waals surface area contributed by atoms with Crippen LogP contribution in [-0.4, -0.2) is 11.7 Å². The van der Waals surface area contributed by atoms with E-state index < -0.39 is 0 Å². The van der Waals surface area contributed by atoms with Crippen molar-refractivity contribution in [2.24, 2.45) is 5.73 Å². The van der Waals surface area contributed by atoms with E-state index in [0.717, 1.165) is 10.4 Å². The number of hydrogen-bond donors (Lipinski definition) is 2. The van der Waals surface area contributed by atoms with Crippen LogP contribution >= 0.6 is 11.3 Å². The molecular weight excluding hydrogens is 266 g/mol. The van der Waals surface area contributed by atoms with Gasteiger partial charge in [0, 0.05) is 16.8 Å². The van der Waals surface area contributed by atoms with E-state index in [1.165, 1.54) is 10.8 Å². The first-order valence-electron chi connectivity index (χ1n) is 6.68. The molecule has 102 valence electrons. The van der Waals surface area contributed by atoms with Gasteiger partial charge in [0.1, 0.15) is 0 Å². The van der Waals surface area contributed by atoms with Gasteiger partial charge in [-0.1, -0.05) is 48.5 Å². The Labute approximate surface area is 122 Å². The van der Waals surface area contributed by atoms with Gasteiger partial charge in [-0.2, -0.15) is 0 Å². The van der Waals surface area contributed by atoms with Crippen LogP contribution in [0.25, 0.3) is 10.8 Å². The number of benzene rings is 2. The second-order valence-corrected chi connectivity index (χ2v) is 5.92. The van der Waals surface area contributed by atoms with E-state index in [1.807, 2.05) is 29.6 Å². The number of thiophene rings is 1. The molecule has 0 saturated heterocycles. The van der Waals surface area contributed by atoms with Gasteiger partial charge in [-0.05, 0) is 27.8 Å². The maximum atomic E-state index is 9.75. The van der Waals surface area contributed by atoms with Crippen LogP contribution in [0.4, 0.5) is 0 Å². The lowest BCUT2D eigenvalue weighted by Gasteiger charge is -2.22. The van der Waals surface area contributed by atoms with Crippen LogP contribution < -0.4 is 5.73 Å². The Morgan fingerprint density at radius 3 is 2.50 bits per heavy atom. The monoisotopic (exact) mass is 283 g/mol. The third-order valence-corrected chi connectivity index (χ3v) is 4.68. The first-order valence-corrected chi connectivity index (χ1v) is 7.56. The molecule has 0 saturated carbocycles. The van der Waals surface area contributed by atoms with Gasteiger partial charge in [0.2, 0.25) is 0 Å². The summed E-state index contributed by atoms with van der Waals surface area (Å²) in [6.07, 6.45) is 0. The smallest absolute Gasteiger partial charge is 0.0518 e. The van der Waals surface area contributed by atoms with Gasteiger partial charge in [-0.3, -0.25) is 0 Å². The van der Waals surface area contributed by atoms with Crippen LogP contribution in [0, 0.1) is 0 Å². The molecule has 3 rings (SSSR count). The van der Waals surface area contributed by atoms with Crippen molar-refractivity contribution in [2.75, 3.05) is 6.61 Å². The van der Waals surface area contributed by atoms with E-state index in [9.17, 15) is 5.11 Å². The number of hydrogen-bond acceptors (Lipinski definition) is 3. The molecule has 20 heavy (non-hydrogen) atoms. The van der Waals surface area contributed by atoms with Crippen molar-refractivity contribution in [3.05, 3.63) is 70.4 Å². The number of aliphatic hydroxyl groups is 1. The average Bonchev–Trinajstić information content (AvgIpc) is 3.02. The van der Waals surface area contributed by atoms with E-state index in [4.69, 9.17) is 5.73 Å². The van der Waals surface area contributed by atoms with Crippen LogP contribution in [0.1, 0.15) is 22.4 Å². The summed E-state index contributed by atoms with van der Waals surface area (Å²) in [6.45, 7) is 0.0530. The number of nitrogens with two attached hydrogens (primary N) is 1. The molecule has 0 aliphatic rings. The van der Waals surface area contributed by atoms with E-state index in [1.54, 1.807) is 11.3 Å². The molecule has 0 aliphatic heterocycles. The zero-order valence-electron chi connectivity index (χ0n) is 11.1. The van der Waals surface area contributed by atoms with E-state index >= 15 is 0 Å². The van der Waals surface area contributed by atoms with Gasteiger partial charge < -0.3 is 10.8 Å². The maximum Gasteiger partial charge on any atom is 0.0518 e. The Hall–Kier alpha value is -1.68. The molecule has 0 spiro atoms. The Morgan fingerprint density at radius 1 is 1.00 bits per heavy atom. The first kappa shape index (κ1) is 13.3. The Bertz CT molecular complexity index is 693. The minimum absolute atomic E-state index is 0.0530. The van der Waals surface area contributed by atoms with E-state index in [2.05, 4.69) is 30.3 Å². The summed E-state index contributed by atoms with van der Waals surface area (Å²) in [5, 5.41) is 14.2. The highest BCUT2D eigenvalue weighted by Gasteiger charge is 2.21. The predicted octanol–water partition coefficient (Wildman–Crippen LogP) is 3.68. The highest BCUT2D eigenvalue weighted by Crippen LogP contribution is 2.32. The lowest BCUT2D eigenvalue weighted by molar-refractivity contribution is 0.249. The molecular formula is C17H17NOS. The van der Waals surface area contributed by atoms with Crippen LogP contribution in [0.5, 0.6) is 0 Å². The molecule has 0 radical (unpaired) electrons. The summed E-state index contributed by atoms with van der Waals surface area (Å²) in [6, 6.07) is 18.4. The van der Waals surface area contributed by atoms with Gasteiger partial charge in [0.25, 0.3) is 0 Å². The van der Waals surface area contributed by atoms with Gasteiger partial charge in [0.15, 0.2) is 0 Å². The second-order valence-electron chi connectivity index (χ2n) is 4.94. The highest BCUT2D eigenvalue weighted by atomic mass is 32.1. The number of rotatable bonds is 4. The van der Waals surface area contributed by atoms with E-state index in [-0.39, 0.29) is 18.6 Å². The lowest BCUT2D eigenvalue weighted by Crippen LogP contribution is -2.21. The van der Waals surface area contributed by atoms with Crippen molar-refractivity contribution in [2.45, 2.75) is 12.0 Å². The maximum absolute atomic E-state index is 9.75. The minimum Gasteiger partial charge on any atom is -0.396 e. The topological polar surface area (TPSA) is 46.2 Å². The van der Waals surface area contributed by atoms with Gasteiger partial charge in [-0.25, -0.2) is 0 Å². The zero-order chi connectivity index (χ0) is 13.9. The quantitative estimate of drug-likeness (QED) is 0.767. The third kappa shape index (κ3) is 2.48. The predicted molar refractivity (Wildman–Crippen MR) is 85.0 cm³/mol. The molecule has 3 heteroatoms. The van der Waals surface area contributed by atoms with Crippen LogP contribution in [0.15, 0.2) is 60.0 Å². The molecule has 0 fully saturated rings. The molecule has 1 heterocycles. The summed E-state index contributed by atoms with van der Waals surface area (Å²) in [5.41, 5.74) is 7.41. The SMILES string of the molecule is NC(c1cccs1)C(CO)c1ccc2ccccc2c1. The molecule has 2 unspecified atom stereocenters. The molecule has 3 N–H and O–H groups in total. The summed E-state index contributed by atoms with van der Waals surface area (Å²) in [5.74, 6) is -0.0711. The fraction of sp³-hybridized carbons (Fsp3) is 0.176. The molecule has 0 bridgehead atoms. The Morgan fingerprint density at radius 2 is 1.80 bits per heavy atom. The molecule has 0 amide bonds. The lowest BCUT2D eigenvalue weighted by atomic mass is 9.90. The van der Waals surface area contributed by atoms with Crippen molar-refractivity contribution < 1.29 is 5.11 Å². The van der Waals surface area contributed by atoms with E-state index in [0.29, 0.717) is 0 Å². The van der Waals surface area contributed by atoms with Crippen LogP contribution in [-0.2, 0) is 0 Å². The average molecular weight is 283 g/mol. The Kier molecular flexibility index (Phi) is 3.83. The van der Waals surface area contributed by atoms with Crippen molar-refractivity contribution in [1.29, 1.82) is 0 Å². The molecule has 0 aliphatic carbocycles. The van der Waals surface area contributed by atoms with Crippen molar-refractivity contribution in [3.8, 4) is 0 Å². The summed E-state index contributed by atoms with van der Waals surface area (Å²) >= 11 is 1.64. The highest BCUT2D eigenvalue weighted by molar-refractivity contribution is 7.10. The summed E-state index contributed by atoms with van der Waals surface area (Å²) < 4.78 is 0. The van der Waals surface area contributed by atoms with Crippen molar-refractivity contribution >= 4 is 22.1 Å². The van der Waals surface area contributed by atoms with Gasteiger partial charge in [-0.15, -0.1) is 11.3 Å². The van der Waals surface area contributed by atoms with Crippen LogP contribution in [0.3, 0.4) is 0 Å². The molecule has 2 nitrogen and oxygen atoms in total. The van der Waals surface area contributed by atoms with Crippen molar-refractivity contribution in [3.63, 3.8) is 0 Å². The fourth-order valence-electron chi connectivity index (χ4n) is 2.54. The van der Waals surface area contributed by atoms with Gasteiger partial charge in [0.05, 0.1) is 6.61 Å². The third-order valence-electron chi connectivity index (χ3n) is 3.70. The number of fused-ring (bicyclic) bond motifs is 1. The number of aliphatic hydroxyl groups excluding tert-OH is 1. The fourth-order valence-corrected chi connectivity index (χ4v) is 3.34. The summed E-state index contributed by atoms with van der Waals surface area (Å²) in [7, 11) is 0. The first-order chi connectivity index (χ1) is 9.79. The molecule has 2 atom stereocenters. The molecule has 1 aromatic heterocycles. The summed E-state index contributed by atoms with van der Waals surface area (Å²) in [4.78, 5) is 1.11. The normalized spacial score (nSPS) is 14.3. The minimum atomic E-state index is -0.166. The van der Waals surface area contributed by atoms with Crippen LogP contribution in [0.2, 0.25) is 0 Å². The Balaban J connectivity index is 1.98.